The first kappa shape index (κ1) is 19.3. The van der Waals surface area contributed by atoms with E-state index in [-0.39, 0.29) is 17.9 Å². The van der Waals surface area contributed by atoms with E-state index in [0.29, 0.717) is 5.56 Å². The van der Waals surface area contributed by atoms with Crippen LogP contribution in [-0.2, 0) is 4.79 Å². The molecule has 5 rings (SSSR count). The zero-order chi connectivity index (χ0) is 21.5. The monoisotopic (exact) mass is 429 g/mol. The van der Waals surface area contributed by atoms with Crippen molar-refractivity contribution in [2.45, 2.75) is 32.2 Å². The molecule has 4 aromatic heterocycles. The van der Waals surface area contributed by atoms with Crippen molar-refractivity contribution in [2.75, 3.05) is 5.32 Å². The van der Waals surface area contributed by atoms with E-state index in [9.17, 15) is 4.79 Å². The summed E-state index contributed by atoms with van der Waals surface area (Å²) in [6, 6.07) is 9.98. The largest absolute Gasteiger partial charge is 0.382 e. The average Bonchev–Trinajstić information content (AvgIpc) is 3.19. The molecule has 4 heterocycles. The lowest BCUT2D eigenvalue weighted by Gasteiger charge is -2.14. The lowest BCUT2D eigenvalue weighted by Crippen LogP contribution is -2.11. The van der Waals surface area contributed by atoms with E-state index >= 15 is 0 Å². The van der Waals surface area contributed by atoms with Gasteiger partial charge in [0.2, 0.25) is 0 Å². The molecular weight excluding hydrogens is 410 g/mol. The maximum atomic E-state index is 11.0. The normalized spacial score (nSPS) is 17.6. The van der Waals surface area contributed by atoms with Crippen LogP contribution in [0.15, 0.2) is 36.7 Å². The summed E-state index contributed by atoms with van der Waals surface area (Å²) in [6.45, 7) is 4.15. The number of rotatable bonds is 6. The van der Waals surface area contributed by atoms with Crippen molar-refractivity contribution < 1.29 is 4.79 Å². The van der Waals surface area contributed by atoms with Gasteiger partial charge >= 0.3 is 0 Å². The second kappa shape index (κ2) is 7.56. The first-order chi connectivity index (χ1) is 15.1. The van der Waals surface area contributed by atoms with Crippen LogP contribution < -0.4 is 5.32 Å². The summed E-state index contributed by atoms with van der Waals surface area (Å²) in [6.07, 6.45) is 5.21. The topological polar surface area (TPSA) is 109 Å². The number of nitrogens with one attached hydrogen (secondary N) is 1. The Balaban J connectivity index is 1.55. The van der Waals surface area contributed by atoms with Gasteiger partial charge in [0.1, 0.15) is 17.4 Å². The van der Waals surface area contributed by atoms with Crippen molar-refractivity contribution in [2.24, 2.45) is 5.92 Å². The summed E-state index contributed by atoms with van der Waals surface area (Å²) in [5.74, 6) is 0.278. The van der Waals surface area contributed by atoms with Crippen LogP contribution in [0.3, 0.4) is 0 Å². The fourth-order valence-corrected chi connectivity index (χ4v) is 4.65. The number of carbonyl (C=O) groups is 1. The molecule has 8 nitrogen and oxygen atoms in total. The molecular formula is C22H19N7OS. The van der Waals surface area contributed by atoms with E-state index in [4.69, 9.17) is 5.26 Å². The molecule has 0 amide bonds. The number of anilines is 1. The Morgan fingerprint density at radius 1 is 1.29 bits per heavy atom. The molecule has 2 unspecified atom stereocenters. The Labute approximate surface area is 182 Å². The van der Waals surface area contributed by atoms with Crippen molar-refractivity contribution in [3.05, 3.63) is 47.2 Å². The highest BCUT2D eigenvalue weighted by molar-refractivity contribution is 7.14. The molecule has 1 aliphatic rings. The molecule has 1 fully saturated rings. The van der Waals surface area contributed by atoms with Gasteiger partial charge in [-0.25, -0.2) is 4.52 Å². The summed E-state index contributed by atoms with van der Waals surface area (Å²) in [5.41, 5.74) is 4.74. The molecule has 1 N–H and O–H groups in total. The standard InChI is InChI=1S/C22H19N7OS/c1-12(2)26-18-7-19(20-4-3-15-5-13(8-23)9-25-29(15)20)24-10-17(18)22-28-27-21(31-22)16-6-14(16)11-30/h3-5,7,9-12,14,16H,6H2,1-2H3,(H,24,26). The van der Waals surface area contributed by atoms with Crippen LogP contribution in [0.2, 0.25) is 0 Å². The van der Waals surface area contributed by atoms with Gasteiger partial charge in [0.25, 0.3) is 0 Å². The number of hydrogen-bond donors (Lipinski definition) is 1. The molecule has 9 heteroatoms. The van der Waals surface area contributed by atoms with Crippen molar-refractivity contribution >= 4 is 28.8 Å². The summed E-state index contributed by atoms with van der Waals surface area (Å²) in [7, 11) is 0. The highest BCUT2D eigenvalue weighted by Crippen LogP contribution is 2.48. The number of pyridine rings is 1. The average molecular weight is 430 g/mol. The number of nitriles is 1. The molecule has 154 valence electrons. The minimum absolute atomic E-state index is 0.0752. The third-order valence-corrected chi connectivity index (χ3v) is 6.33. The van der Waals surface area contributed by atoms with Crippen molar-refractivity contribution in [1.82, 2.24) is 24.8 Å². The van der Waals surface area contributed by atoms with E-state index in [0.717, 1.165) is 50.9 Å². The minimum atomic E-state index is 0.0752. The van der Waals surface area contributed by atoms with Gasteiger partial charge in [-0.15, -0.1) is 10.2 Å². The van der Waals surface area contributed by atoms with Gasteiger partial charge < -0.3 is 10.1 Å². The van der Waals surface area contributed by atoms with Gasteiger partial charge in [0.15, 0.2) is 5.01 Å². The van der Waals surface area contributed by atoms with Crippen molar-refractivity contribution in [1.29, 1.82) is 5.26 Å². The van der Waals surface area contributed by atoms with E-state index in [2.05, 4.69) is 45.5 Å². The third kappa shape index (κ3) is 3.55. The smallest absolute Gasteiger partial charge is 0.151 e. The van der Waals surface area contributed by atoms with Crippen LogP contribution in [0.4, 0.5) is 5.69 Å². The van der Waals surface area contributed by atoms with Crippen LogP contribution in [-0.4, -0.2) is 37.1 Å². The number of fused-ring (bicyclic) bond motifs is 1. The van der Waals surface area contributed by atoms with Crippen LogP contribution in [0.5, 0.6) is 0 Å². The fraction of sp³-hybridized carbons (Fsp3) is 0.273. The van der Waals surface area contributed by atoms with Crippen LogP contribution in [0, 0.1) is 17.2 Å². The number of carbonyl (C=O) groups excluding carboxylic acids is 1. The predicted molar refractivity (Wildman–Crippen MR) is 118 cm³/mol. The number of aromatic nitrogens is 5. The molecule has 1 saturated carbocycles. The molecule has 0 bridgehead atoms. The van der Waals surface area contributed by atoms with Crippen LogP contribution >= 0.6 is 11.3 Å². The lowest BCUT2D eigenvalue weighted by molar-refractivity contribution is -0.108. The lowest BCUT2D eigenvalue weighted by atomic mass is 10.1. The molecule has 0 aromatic carbocycles. The van der Waals surface area contributed by atoms with Crippen molar-refractivity contribution in [3.8, 4) is 28.0 Å². The summed E-state index contributed by atoms with van der Waals surface area (Å²) < 4.78 is 1.78. The number of aldehydes is 1. The maximum absolute atomic E-state index is 11.0. The van der Waals surface area contributed by atoms with E-state index < -0.39 is 0 Å². The molecule has 0 saturated heterocycles. The van der Waals surface area contributed by atoms with Crippen LogP contribution in [0.1, 0.15) is 36.8 Å². The predicted octanol–water partition coefficient (Wildman–Crippen LogP) is 3.91. The summed E-state index contributed by atoms with van der Waals surface area (Å²) >= 11 is 1.52. The summed E-state index contributed by atoms with van der Waals surface area (Å²) in [5, 5.41) is 27.3. The third-order valence-electron chi connectivity index (χ3n) is 5.24. The second-order valence-corrected chi connectivity index (χ2v) is 8.92. The highest BCUT2D eigenvalue weighted by atomic mass is 32.1. The Kier molecular flexibility index (Phi) is 4.71. The quantitative estimate of drug-likeness (QED) is 0.463. The van der Waals surface area contributed by atoms with Gasteiger partial charge in [-0.3, -0.25) is 4.98 Å². The Morgan fingerprint density at radius 3 is 2.90 bits per heavy atom. The van der Waals surface area contributed by atoms with E-state index in [1.807, 2.05) is 18.2 Å². The van der Waals surface area contributed by atoms with E-state index in [1.54, 1.807) is 23.0 Å². The Morgan fingerprint density at radius 2 is 2.16 bits per heavy atom. The zero-order valence-electron chi connectivity index (χ0n) is 17.0. The fourth-order valence-electron chi connectivity index (χ4n) is 3.59. The Bertz CT molecular complexity index is 1330. The van der Waals surface area contributed by atoms with Gasteiger partial charge in [-0.1, -0.05) is 11.3 Å². The molecule has 2 atom stereocenters. The second-order valence-electron chi connectivity index (χ2n) is 7.91. The van der Waals surface area contributed by atoms with Gasteiger partial charge in [0, 0.05) is 29.8 Å². The number of hydrogen-bond acceptors (Lipinski definition) is 8. The molecule has 0 radical (unpaired) electrons. The SMILES string of the molecule is CC(C)Nc1cc(-c2ccc3cc(C#N)cnn23)ncc1-c1nnc(C2CC2C=O)s1. The molecule has 0 spiro atoms. The maximum Gasteiger partial charge on any atom is 0.151 e. The first-order valence-corrected chi connectivity index (χ1v) is 10.8. The molecule has 4 aromatic rings. The van der Waals surface area contributed by atoms with Crippen molar-refractivity contribution in [3.63, 3.8) is 0 Å². The molecule has 1 aliphatic carbocycles. The summed E-state index contributed by atoms with van der Waals surface area (Å²) in [4.78, 5) is 15.7. The van der Waals surface area contributed by atoms with Crippen LogP contribution in [0.25, 0.3) is 27.5 Å². The first-order valence-electron chi connectivity index (χ1n) is 10.0. The zero-order valence-corrected chi connectivity index (χ0v) is 17.8. The minimum Gasteiger partial charge on any atom is -0.382 e. The molecule has 0 aliphatic heterocycles. The van der Waals surface area contributed by atoms with Gasteiger partial charge in [-0.2, -0.15) is 10.4 Å². The highest BCUT2D eigenvalue weighted by Gasteiger charge is 2.41. The Hall–Kier alpha value is -3.64. The van der Waals surface area contributed by atoms with Gasteiger partial charge in [-0.05, 0) is 44.5 Å². The van der Waals surface area contributed by atoms with E-state index in [1.165, 1.54) is 11.3 Å². The molecule has 31 heavy (non-hydrogen) atoms. The van der Waals surface area contributed by atoms with Gasteiger partial charge in [0.05, 0.1) is 34.2 Å². The number of nitrogens with zero attached hydrogens (tertiary/aromatic N) is 6.